The Hall–Kier alpha value is -3.33. The average Bonchev–Trinajstić information content (AvgIpc) is 2.82. The third-order valence-electron chi connectivity index (χ3n) is 6.47. The van der Waals surface area contributed by atoms with Crippen molar-refractivity contribution in [1.29, 1.82) is 0 Å². The summed E-state index contributed by atoms with van der Waals surface area (Å²) in [5.74, 6) is 0.384. The van der Waals surface area contributed by atoms with Crippen LogP contribution in [0.2, 0.25) is 0 Å². The smallest absolute Gasteiger partial charge is 0.343 e. The number of hydrogen-bond acceptors (Lipinski definition) is 3. The lowest BCUT2D eigenvalue weighted by molar-refractivity contribution is 0.325. The van der Waals surface area contributed by atoms with Gasteiger partial charge in [-0.15, -0.1) is 0 Å². The molecule has 0 bridgehead atoms. The van der Waals surface area contributed by atoms with Crippen LogP contribution in [0.25, 0.3) is 0 Å². The van der Waals surface area contributed by atoms with Crippen molar-refractivity contribution in [3.8, 4) is 5.75 Å². The molecular weight excluding hydrogens is 396 g/mol. The lowest BCUT2D eigenvalue weighted by Crippen LogP contribution is -2.23. The first kappa shape index (κ1) is 21.9. The maximum absolute atomic E-state index is 12.9. The molecule has 1 aliphatic carbocycles. The van der Waals surface area contributed by atoms with E-state index >= 15 is 0 Å². The van der Waals surface area contributed by atoms with Crippen LogP contribution in [-0.2, 0) is 12.8 Å². The Balaban J connectivity index is 1.56. The number of hydrogen-bond donors (Lipinski definition) is 1. The van der Waals surface area contributed by atoms with Gasteiger partial charge >= 0.3 is 5.63 Å². The molecule has 4 rings (SSSR count). The van der Waals surface area contributed by atoms with E-state index in [0.29, 0.717) is 24.2 Å². The van der Waals surface area contributed by atoms with Gasteiger partial charge in [-0.3, -0.25) is 0 Å². The van der Waals surface area contributed by atoms with Gasteiger partial charge in [-0.25, -0.2) is 4.79 Å². The van der Waals surface area contributed by atoms with Gasteiger partial charge in [-0.05, 0) is 42.2 Å². The van der Waals surface area contributed by atoms with E-state index in [1.165, 1.54) is 5.56 Å². The predicted molar refractivity (Wildman–Crippen MR) is 129 cm³/mol. The summed E-state index contributed by atoms with van der Waals surface area (Å²) in [4.78, 5) is 12.9. The quantitative estimate of drug-likeness (QED) is 0.443. The van der Waals surface area contributed by atoms with Crippen molar-refractivity contribution in [2.45, 2.75) is 44.9 Å². The van der Waals surface area contributed by atoms with E-state index in [2.05, 4.69) is 48.6 Å². The lowest BCUT2D eigenvalue weighted by atomic mass is 9.73. The Morgan fingerprint density at radius 1 is 1.03 bits per heavy atom. The van der Waals surface area contributed by atoms with Gasteiger partial charge in [0.05, 0.1) is 5.56 Å². The maximum Gasteiger partial charge on any atom is 0.343 e. The molecular formula is C29H30O3. The van der Waals surface area contributed by atoms with E-state index < -0.39 is 5.63 Å². The standard InChI is InChI=1S/C29H30O3/c1-2-25(23-14-8-4-9-15-23)27-26(30)20-24(32-28(27)31)16-19-29(17-10-5-11-18-29)21-22-12-6-3-7-13-22/h3-15,17,20,25,30H,2,16,18-19,21H2,1H3. The van der Waals surface area contributed by atoms with E-state index in [1.54, 1.807) is 6.07 Å². The van der Waals surface area contributed by atoms with Crippen LogP contribution in [0.3, 0.4) is 0 Å². The molecule has 2 aromatic carbocycles. The minimum atomic E-state index is -0.438. The summed E-state index contributed by atoms with van der Waals surface area (Å²) in [5, 5.41) is 10.8. The van der Waals surface area contributed by atoms with Crippen LogP contribution in [-0.4, -0.2) is 5.11 Å². The third kappa shape index (κ3) is 4.94. The summed E-state index contributed by atoms with van der Waals surface area (Å²) in [6.45, 7) is 2.01. The van der Waals surface area contributed by atoms with Gasteiger partial charge < -0.3 is 9.52 Å². The molecule has 3 aromatic rings. The molecule has 1 aliphatic rings. The van der Waals surface area contributed by atoms with Crippen LogP contribution in [0.15, 0.2) is 100 Å². The topological polar surface area (TPSA) is 50.4 Å². The van der Waals surface area contributed by atoms with E-state index in [-0.39, 0.29) is 17.1 Å². The van der Waals surface area contributed by atoms with E-state index in [1.807, 2.05) is 43.3 Å². The van der Waals surface area contributed by atoms with Crippen LogP contribution in [0.1, 0.15) is 54.6 Å². The van der Waals surface area contributed by atoms with Gasteiger partial charge in [0.1, 0.15) is 11.5 Å². The Kier molecular flexibility index (Phi) is 6.75. The molecule has 2 unspecified atom stereocenters. The molecule has 1 aromatic heterocycles. The normalized spacial score (nSPS) is 18.5. The van der Waals surface area contributed by atoms with E-state index in [0.717, 1.165) is 24.8 Å². The van der Waals surface area contributed by atoms with Gasteiger partial charge in [-0.1, -0.05) is 91.9 Å². The second-order valence-electron chi connectivity index (χ2n) is 8.69. The molecule has 0 fully saturated rings. The van der Waals surface area contributed by atoms with Crippen LogP contribution < -0.4 is 5.63 Å². The predicted octanol–water partition coefficient (Wildman–Crippen LogP) is 6.57. The van der Waals surface area contributed by atoms with Gasteiger partial charge in [-0.2, -0.15) is 0 Å². The second kappa shape index (κ2) is 9.86. The molecule has 1 heterocycles. The van der Waals surface area contributed by atoms with Crippen LogP contribution >= 0.6 is 0 Å². The highest BCUT2D eigenvalue weighted by atomic mass is 16.4. The summed E-state index contributed by atoms with van der Waals surface area (Å²) in [7, 11) is 0. The molecule has 2 atom stereocenters. The lowest BCUT2D eigenvalue weighted by Gasteiger charge is -2.31. The minimum Gasteiger partial charge on any atom is -0.507 e. The molecule has 0 saturated carbocycles. The molecule has 0 saturated heterocycles. The molecule has 0 spiro atoms. The van der Waals surface area contributed by atoms with Crippen molar-refractivity contribution in [1.82, 2.24) is 0 Å². The number of aromatic hydroxyl groups is 1. The molecule has 32 heavy (non-hydrogen) atoms. The van der Waals surface area contributed by atoms with Gasteiger partial charge in [0.2, 0.25) is 0 Å². The maximum atomic E-state index is 12.9. The summed E-state index contributed by atoms with van der Waals surface area (Å²) >= 11 is 0. The summed E-state index contributed by atoms with van der Waals surface area (Å²) < 4.78 is 5.72. The summed E-state index contributed by atoms with van der Waals surface area (Å²) in [5.41, 5.74) is 2.18. The molecule has 0 amide bonds. The molecule has 164 valence electrons. The fourth-order valence-corrected chi connectivity index (χ4v) is 4.76. The number of benzene rings is 2. The number of allylic oxidation sites excluding steroid dienone is 4. The Morgan fingerprint density at radius 3 is 2.38 bits per heavy atom. The van der Waals surface area contributed by atoms with Gasteiger partial charge in [0.15, 0.2) is 0 Å². The Labute approximate surface area is 189 Å². The van der Waals surface area contributed by atoms with E-state index in [4.69, 9.17) is 4.42 Å². The zero-order valence-corrected chi connectivity index (χ0v) is 18.5. The number of rotatable bonds is 8. The Morgan fingerprint density at radius 2 is 1.75 bits per heavy atom. The molecule has 1 N–H and O–H groups in total. The van der Waals surface area contributed by atoms with Crippen molar-refractivity contribution >= 4 is 0 Å². The van der Waals surface area contributed by atoms with Crippen LogP contribution in [0.5, 0.6) is 5.75 Å². The van der Waals surface area contributed by atoms with Crippen molar-refractivity contribution in [2.24, 2.45) is 5.41 Å². The first-order valence-electron chi connectivity index (χ1n) is 11.4. The largest absolute Gasteiger partial charge is 0.507 e. The highest BCUT2D eigenvalue weighted by Gasteiger charge is 2.28. The van der Waals surface area contributed by atoms with Crippen molar-refractivity contribution < 1.29 is 9.52 Å². The van der Waals surface area contributed by atoms with Crippen molar-refractivity contribution in [2.75, 3.05) is 0 Å². The SMILES string of the molecule is CCC(c1ccccc1)c1c(O)cc(CCC2(Cc3ccccc3)C=CC=CC2)oc1=O. The number of aryl methyl sites for hydroxylation is 1. The average molecular weight is 427 g/mol. The third-order valence-corrected chi connectivity index (χ3v) is 6.47. The van der Waals surface area contributed by atoms with Gasteiger partial charge in [0.25, 0.3) is 0 Å². The fraction of sp³-hybridized carbons (Fsp3) is 0.276. The van der Waals surface area contributed by atoms with Gasteiger partial charge in [0, 0.05) is 18.4 Å². The highest BCUT2D eigenvalue weighted by molar-refractivity contribution is 5.39. The first-order valence-corrected chi connectivity index (χ1v) is 11.4. The highest BCUT2D eigenvalue weighted by Crippen LogP contribution is 2.38. The summed E-state index contributed by atoms with van der Waals surface area (Å²) in [6.07, 6.45) is 12.7. The monoisotopic (exact) mass is 426 g/mol. The second-order valence-corrected chi connectivity index (χ2v) is 8.69. The fourth-order valence-electron chi connectivity index (χ4n) is 4.76. The van der Waals surface area contributed by atoms with Crippen molar-refractivity contribution in [3.63, 3.8) is 0 Å². The van der Waals surface area contributed by atoms with Crippen molar-refractivity contribution in [3.05, 3.63) is 124 Å². The molecule has 0 aliphatic heterocycles. The molecule has 3 heteroatoms. The van der Waals surface area contributed by atoms with Crippen LogP contribution in [0, 0.1) is 5.41 Å². The zero-order valence-electron chi connectivity index (χ0n) is 18.5. The first-order chi connectivity index (χ1) is 15.6. The van der Waals surface area contributed by atoms with E-state index in [9.17, 15) is 9.90 Å². The zero-order chi connectivity index (χ0) is 22.4. The van der Waals surface area contributed by atoms with Crippen LogP contribution in [0.4, 0.5) is 0 Å². The molecule has 0 radical (unpaired) electrons. The Bertz CT molecular complexity index is 1140. The summed E-state index contributed by atoms with van der Waals surface area (Å²) in [6, 6.07) is 21.9. The minimum absolute atomic E-state index is 0.0288. The molecule has 3 nitrogen and oxygen atoms in total.